The number of nitrogens with zero attached hydrogens (tertiary/aromatic N) is 1. The van der Waals surface area contributed by atoms with E-state index in [2.05, 4.69) is 10.6 Å². The maximum Gasteiger partial charge on any atom is 0.253 e. The summed E-state index contributed by atoms with van der Waals surface area (Å²) in [6, 6.07) is 14.0. The third-order valence-corrected chi connectivity index (χ3v) is 6.28. The summed E-state index contributed by atoms with van der Waals surface area (Å²) in [5, 5.41) is 5.54. The van der Waals surface area contributed by atoms with Crippen molar-refractivity contribution < 1.29 is 22.7 Å². The van der Waals surface area contributed by atoms with Crippen LogP contribution in [-0.2, 0) is 19.6 Å². The number of nitrogens with one attached hydrogen (secondary N) is 2. The molecule has 2 aromatic carbocycles. The van der Waals surface area contributed by atoms with Crippen molar-refractivity contribution in [1.82, 2.24) is 5.32 Å². The van der Waals surface area contributed by atoms with E-state index in [4.69, 9.17) is 4.74 Å². The molecule has 1 aliphatic heterocycles. The lowest BCUT2D eigenvalue weighted by molar-refractivity contribution is -0.116. The highest BCUT2D eigenvalue weighted by Crippen LogP contribution is 2.22. The van der Waals surface area contributed by atoms with E-state index in [1.165, 1.54) is 6.92 Å². The van der Waals surface area contributed by atoms with Crippen molar-refractivity contribution in [2.75, 3.05) is 29.0 Å². The molecule has 1 saturated heterocycles. The lowest BCUT2D eigenvalue weighted by Crippen LogP contribution is -2.45. The van der Waals surface area contributed by atoms with Gasteiger partial charge in [0.2, 0.25) is 15.9 Å². The Morgan fingerprint density at radius 2 is 1.81 bits per heavy atom. The molecule has 166 valence electrons. The standard InChI is InChI=1S/C22H27N3O5S/c1-16(25(31(2,28)29)17-9-4-3-5-10-17)21(26)24-20-13-7-6-12-19(20)22(27)23-15-18-11-8-14-30-18/h3-7,9-10,12-13,16,18H,8,11,14-15H2,1-2H3,(H,23,27)(H,24,26)/t16-,18-/m0/s1. The highest BCUT2D eigenvalue weighted by molar-refractivity contribution is 7.92. The lowest BCUT2D eigenvalue weighted by atomic mass is 10.1. The average molecular weight is 446 g/mol. The summed E-state index contributed by atoms with van der Waals surface area (Å²) in [5.41, 5.74) is 0.993. The van der Waals surface area contributed by atoms with E-state index in [9.17, 15) is 18.0 Å². The van der Waals surface area contributed by atoms with Gasteiger partial charge in [-0.15, -0.1) is 0 Å². The van der Waals surface area contributed by atoms with Crippen LogP contribution in [0, 0.1) is 0 Å². The van der Waals surface area contributed by atoms with Crippen LogP contribution >= 0.6 is 0 Å². The van der Waals surface area contributed by atoms with E-state index in [1.54, 1.807) is 54.6 Å². The molecule has 0 aliphatic carbocycles. The summed E-state index contributed by atoms with van der Waals surface area (Å²) in [7, 11) is -3.72. The number of ether oxygens (including phenoxy) is 1. The molecule has 2 aromatic rings. The Kier molecular flexibility index (Phi) is 7.29. The third-order valence-electron chi connectivity index (χ3n) is 5.04. The SMILES string of the molecule is C[C@@H](C(=O)Nc1ccccc1C(=O)NC[C@@H]1CCCO1)N(c1ccccc1)S(C)(=O)=O. The molecule has 8 nitrogen and oxygen atoms in total. The number of carbonyl (C=O) groups excluding carboxylic acids is 2. The van der Waals surface area contributed by atoms with Gasteiger partial charge in [-0.05, 0) is 44.0 Å². The first-order valence-corrected chi connectivity index (χ1v) is 12.0. The summed E-state index contributed by atoms with van der Waals surface area (Å²) in [6.45, 7) is 2.60. The van der Waals surface area contributed by atoms with Crippen molar-refractivity contribution >= 4 is 33.2 Å². The molecule has 2 N–H and O–H groups in total. The molecule has 1 aliphatic rings. The fourth-order valence-electron chi connectivity index (χ4n) is 3.52. The zero-order chi connectivity index (χ0) is 22.4. The van der Waals surface area contributed by atoms with Crippen LogP contribution in [0.2, 0.25) is 0 Å². The van der Waals surface area contributed by atoms with Crippen LogP contribution in [-0.4, -0.2) is 51.8 Å². The Morgan fingerprint density at radius 3 is 2.45 bits per heavy atom. The van der Waals surface area contributed by atoms with Crippen LogP contribution in [0.5, 0.6) is 0 Å². The van der Waals surface area contributed by atoms with E-state index >= 15 is 0 Å². The minimum Gasteiger partial charge on any atom is -0.376 e. The summed E-state index contributed by atoms with van der Waals surface area (Å²) in [6.07, 6.45) is 2.93. The normalized spacial score (nSPS) is 17.0. The van der Waals surface area contributed by atoms with Gasteiger partial charge in [-0.2, -0.15) is 0 Å². The average Bonchev–Trinajstić information content (AvgIpc) is 3.26. The van der Waals surface area contributed by atoms with E-state index < -0.39 is 22.0 Å². The van der Waals surface area contributed by atoms with E-state index in [1.807, 2.05) is 0 Å². The minimum atomic E-state index is -3.72. The second-order valence-corrected chi connectivity index (χ2v) is 9.31. The van der Waals surface area contributed by atoms with Gasteiger partial charge in [0.15, 0.2) is 0 Å². The number of amides is 2. The van der Waals surface area contributed by atoms with Gasteiger partial charge in [0.25, 0.3) is 5.91 Å². The van der Waals surface area contributed by atoms with Gasteiger partial charge in [0, 0.05) is 13.2 Å². The number of hydrogen-bond acceptors (Lipinski definition) is 5. The number of carbonyl (C=O) groups is 2. The Morgan fingerprint density at radius 1 is 1.13 bits per heavy atom. The largest absolute Gasteiger partial charge is 0.376 e. The Labute approximate surface area is 182 Å². The maximum atomic E-state index is 12.9. The summed E-state index contributed by atoms with van der Waals surface area (Å²) in [4.78, 5) is 25.6. The molecule has 0 saturated carbocycles. The first-order chi connectivity index (χ1) is 14.8. The zero-order valence-corrected chi connectivity index (χ0v) is 18.4. The zero-order valence-electron chi connectivity index (χ0n) is 17.6. The second-order valence-electron chi connectivity index (χ2n) is 7.45. The van der Waals surface area contributed by atoms with Gasteiger partial charge >= 0.3 is 0 Å². The van der Waals surface area contributed by atoms with Crippen LogP contribution < -0.4 is 14.9 Å². The summed E-state index contributed by atoms with van der Waals surface area (Å²) >= 11 is 0. The van der Waals surface area contributed by atoms with Gasteiger partial charge < -0.3 is 15.4 Å². The van der Waals surface area contributed by atoms with E-state index in [0.717, 1.165) is 23.4 Å². The number of benzene rings is 2. The highest BCUT2D eigenvalue weighted by atomic mass is 32.2. The van der Waals surface area contributed by atoms with E-state index in [0.29, 0.717) is 30.1 Å². The Hall–Kier alpha value is -2.91. The molecule has 0 aromatic heterocycles. The lowest BCUT2D eigenvalue weighted by Gasteiger charge is -2.28. The predicted octanol–water partition coefficient (Wildman–Crippen LogP) is 2.39. The second kappa shape index (κ2) is 9.93. The molecular weight excluding hydrogens is 418 g/mol. The van der Waals surface area contributed by atoms with Gasteiger partial charge in [-0.3, -0.25) is 13.9 Å². The molecule has 1 fully saturated rings. The van der Waals surface area contributed by atoms with Crippen LogP contribution in [0.15, 0.2) is 54.6 Å². The summed E-state index contributed by atoms with van der Waals surface area (Å²) in [5.74, 6) is -0.879. The molecule has 31 heavy (non-hydrogen) atoms. The molecule has 3 rings (SSSR count). The fraction of sp³-hybridized carbons (Fsp3) is 0.364. The number of rotatable bonds is 8. The van der Waals surface area contributed by atoms with Crippen molar-refractivity contribution in [1.29, 1.82) is 0 Å². The van der Waals surface area contributed by atoms with Crippen LogP contribution in [0.25, 0.3) is 0 Å². The van der Waals surface area contributed by atoms with Gasteiger partial charge in [0.1, 0.15) is 6.04 Å². The van der Waals surface area contributed by atoms with Gasteiger partial charge in [0.05, 0.1) is 29.3 Å². The van der Waals surface area contributed by atoms with Crippen LogP contribution in [0.1, 0.15) is 30.1 Å². The number of anilines is 2. The van der Waals surface area contributed by atoms with Gasteiger partial charge in [-0.1, -0.05) is 30.3 Å². The number of para-hydroxylation sites is 2. The smallest absolute Gasteiger partial charge is 0.253 e. The quantitative estimate of drug-likeness (QED) is 0.649. The first kappa shape index (κ1) is 22.8. The molecule has 0 bridgehead atoms. The van der Waals surface area contributed by atoms with Crippen LogP contribution in [0.3, 0.4) is 0 Å². The molecule has 9 heteroatoms. The maximum absolute atomic E-state index is 12.9. The van der Waals surface area contributed by atoms with Gasteiger partial charge in [-0.25, -0.2) is 8.42 Å². The molecule has 1 heterocycles. The number of sulfonamides is 1. The van der Waals surface area contributed by atoms with Crippen molar-refractivity contribution in [2.45, 2.75) is 31.9 Å². The molecular formula is C22H27N3O5S. The number of hydrogen-bond donors (Lipinski definition) is 2. The highest BCUT2D eigenvalue weighted by Gasteiger charge is 2.29. The van der Waals surface area contributed by atoms with Crippen molar-refractivity contribution in [3.05, 3.63) is 60.2 Å². The molecule has 0 unspecified atom stereocenters. The molecule has 2 amide bonds. The van der Waals surface area contributed by atoms with Crippen molar-refractivity contribution in [2.24, 2.45) is 0 Å². The van der Waals surface area contributed by atoms with Crippen LogP contribution in [0.4, 0.5) is 11.4 Å². The summed E-state index contributed by atoms with van der Waals surface area (Å²) < 4.78 is 31.3. The van der Waals surface area contributed by atoms with Crippen molar-refractivity contribution in [3.63, 3.8) is 0 Å². The molecule has 0 radical (unpaired) electrons. The van der Waals surface area contributed by atoms with Crippen molar-refractivity contribution in [3.8, 4) is 0 Å². The monoisotopic (exact) mass is 445 g/mol. The third kappa shape index (κ3) is 5.83. The predicted molar refractivity (Wildman–Crippen MR) is 120 cm³/mol. The topological polar surface area (TPSA) is 105 Å². The Bertz CT molecular complexity index is 1020. The molecule has 2 atom stereocenters. The fourth-order valence-corrected chi connectivity index (χ4v) is 4.69. The Balaban J connectivity index is 1.75. The minimum absolute atomic E-state index is 0.0000768. The molecule has 0 spiro atoms. The van der Waals surface area contributed by atoms with E-state index in [-0.39, 0.29) is 12.0 Å². The first-order valence-electron chi connectivity index (χ1n) is 10.1.